The first-order chi connectivity index (χ1) is 6.83. The number of hydrogen-bond donors (Lipinski definition) is 2. The Labute approximate surface area is 89.4 Å². The van der Waals surface area contributed by atoms with Gasteiger partial charge in [-0.1, -0.05) is 0 Å². The van der Waals surface area contributed by atoms with E-state index >= 15 is 0 Å². The fraction of sp³-hybridized carbons (Fsp3) is 1.00. The van der Waals surface area contributed by atoms with Gasteiger partial charge in [0.25, 0.3) is 0 Å². The smallest absolute Gasteiger partial charge is 0.302 e. The van der Waals surface area contributed by atoms with Crippen molar-refractivity contribution in [2.75, 3.05) is 0 Å². The summed E-state index contributed by atoms with van der Waals surface area (Å²) < 4.78 is 85.1. The summed E-state index contributed by atoms with van der Waals surface area (Å²) in [6.45, 7) is 0. The minimum Gasteiger partial charge on any atom is -0.302 e. The summed E-state index contributed by atoms with van der Waals surface area (Å²) in [5, 5.41) is -4.71. The van der Waals surface area contributed by atoms with Gasteiger partial charge < -0.3 is 9.79 Å². The summed E-state index contributed by atoms with van der Waals surface area (Å²) in [5.74, 6) is 0. The molecule has 0 amide bonds. The first-order valence-electron chi connectivity index (χ1n) is 3.35. The van der Waals surface area contributed by atoms with Crippen LogP contribution < -0.4 is 0 Å². The number of phosphoric acid groups is 1. The third-order valence-corrected chi connectivity index (χ3v) is 2.57. The predicted octanol–water partition coefficient (Wildman–Crippen LogP) is 2.63. The summed E-state index contributed by atoms with van der Waals surface area (Å²) in [6, 6.07) is 0. The van der Waals surface area contributed by atoms with Gasteiger partial charge in [0.1, 0.15) is 0 Å². The fourth-order valence-electron chi connectivity index (χ4n) is 0.472. The molecule has 0 aliphatic carbocycles. The van der Waals surface area contributed by atoms with Gasteiger partial charge in [-0.3, -0.25) is 0 Å². The van der Waals surface area contributed by atoms with Gasteiger partial charge in [-0.2, -0.15) is 22.0 Å². The summed E-state index contributed by atoms with van der Waals surface area (Å²) in [4.78, 5) is 16.0. The Morgan fingerprint density at radius 1 is 1.25 bits per heavy atom. The lowest BCUT2D eigenvalue weighted by Gasteiger charge is -2.20. The topological polar surface area (TPSA) is 66.8 Å². The molecule has 0 fully saturated rings. The lowest BCUT2D eigenvalue weighted by Crippen LogP contribution is -2.31. The van der Waals surface area contributed by atoms with Crippen molar-refractivity contribution in [3.8, 4) is 0 Å². The molecule has 98 valence electrons. The highest BCUT2D eigenvalue weighted by Crippen LogP contribution is 2.49. The summed E-state index contributed by atoms with van der Waals surface area (Å²) in [5.41, 5.74) is 0. The van der Waals surface area contributed by atoms with Crippen LogP contribution in [0.15, 0.2) is 0 Å². The van der Waals surface area contributed by atoms with Gasteiger partial charge in [0.05, 0.1) is 18.5 Å². The molecule has 0 heterocycles. The van der Waals surface area contributed by atoms with Crippen LogP contribution in [0.5, 0.6) is 0 Å². The van der Waals surface area contributed by atoms with E-state index in [2.05, 4.69) is 3.97 Å². The van der Waals surface area contributed by atoms with E-state index in [-0.39, 0.29) is 0 Å². The van der Waals surface area contributed by atoms with E-state index in [4.69, 9.17) is 9.79 Å². The minimum atomic E-state index is -5.32. The maximum absolute atomic E-state index is 12.5. The molecule has 1 unspecified atom stereocenters. The van der Waals surface area contributed by atoms with Crippen molar-refractivity contribution in [2.24, 2.45) is 0 Å². The van der Waals surface area contributed by atoms with Crippen molar-refractivity contribution in [1.29, 1.82) is 0 Å². The van der Waals surface area contributed by atoms with E-state index < -0.39 is 43.9 Å². The monoisotopic (exact) mass is 294 g/mol. The molecule has 0 aliphatic heterocycles. The zero-order chi connectivity index (χ0) is 13.2. The van der Waals surface area contributed by atoms with Crippen LogP contribution in [-0.4, -0.2) is 27.4 Å². The van der Waals surface area contributed by atoms with Crippen molar-refractivity contribution in [1.82, 2.24) is 0 Å². The molecule has 0 aromatic carbocycles. The number of rotatable bonds is 5. The summed E-state index contributed by atoms with van der Waals surface area (Å²) >= 11 is -1.34. The lowest BCUT2D eigenvalue weighted by atomic mass is 10.3. The Kier molecular flexibility index (Phi) is 5.14. The van der Waals surface area contributed by atoms with Gasteiger partial charge in [-0.15, -0.1) is 0 Å². The maximum Gasteiger partial charge on any atom is 0.481 e. The van der Waals surface area contributed by atoms with Crippen LogP contribution in [-0.2, 0) is 8.54 Å². The molecule has 12 heteroatoms. The molecule has 1 atom stereocenters. The first-order valence-corrected chi connectivity index (χ1v) is 5.62. The third kappa shape index (κ3) is 7.34. The molecule has 0 saturated heterocycles. The minimum absolute atomic E-state index is 1.34. The second-order valence-electron chi connectivity index (χ2n) is 2.50. The van der Waals surface area contributed by atoms with Gasteiger partial charge in [-0.05, 0) is 0 Å². The normalized spacial score (nSPS) is 16.2. The van der Waals surface area contributed by atoms with Crippen molar-refractivity contribution < 1.29 is 44.7 Å². The Balaban J connectivity index is 4.37. The Morgan fingerprint density at radius 3 is 2.00 bits per heavy atom. The maximum atomic E-state index is 12.5. The van der Waals surface area contributed by atoms with Crippen molar-refractivity contribution in [2.45, 2.75) is 24.0 Å². The Morgan fingerprint density at radius 2 is 1.69 bits per heavy atom. The van der Waals surface area contributed by atoms with Crippen LogP contribution in [0.3, 0.4) is 0 Å². The largest absolute Gasteiger partial charge is 0.481 e. The molecule has 2 N–H and O–H groups in total. The Hall–Kier alpha value is 0.0400. The van der Waals surface area contributed by atoms with Crippen molar-refractivity contribution in [3.05, 3.63) is 0 Å². The van der Waals surface area contributed by atoms with E-state index in [1.807, 2.05) is 0 Å². The third-order valence-electron chi connectivity index (χ3n) is 1.02. The number of alkyl halides is 6. The van der Waals surface area contributed by atoms with Gasteiger partial charge >= 0.3 is 19.3 Å². The molecular weight excluding hydrogens is 289 g/mol. The molecule has 0 saturated carbocycles. The molecule has 0 aliphatic rings. The van der Waals surface area contributed by atoms with Crippen LogP contribution in [0.4, 0.5) is 26.3 Å². The van der Waals surface area contributed by atoms with Crippen molar-refractivity contribution >= 4 is 19.9 Å². The van der Waals surface area contributed by atoms with E-state index in [1.54, 1.807) is 0 Å². The molecule has 0 spiro atoms. The van der Waals surface area contributed by atoms with Crippen LogP contribution >= 0.6 is 19.9 Å². The zero-order valence-corrected chi connectivity index (χ0v) is 8.83. The number of hydrogen-bond acceptors (Lipinski definition) is 3. The van der Waals surface area contributed by atoms with Crippen molar-refractivity contribution in [3.63, 3.8) is 0 Å². The molecule has 16 heavy (non-hydrogen) atoms. The molecule has 0 radical (unpaired) electrons. The van der Waals surface area contributed by atoms with Crippen LogP contribution in [0.1, 0.15) is 6.42 Å². The van der Waals surface area contributed by atoms with Gasteiger partial charge in [-0.25, -0.2) is 12.9 Å². The average molecular weight is 294 g/mol. The van der Waals surface area contributed by atoms with Gasteiger partial charge in [0.15, 0.2) is 6.17 Å². The van der Waals surface area contributed by atoms with E-state index in [0.717, 1.165) is 0 Å². The van der Waals surface area contributed by atoms with Gasteiger partial charge in [0.2, 0.25) is 0 Å². The van der Waals surface area contributed by atoms with E-state index in [0.29, 0.717) is 0 Å². The Bertz CT molecular complexity index is 276. The van der Waals surface area contributed by atoms with E-state index in [9.17, 15) is 30.9 Å². The molecule has 0 aromatic rings. The zero-order valence-electron chi connectivity index (χ0n) is 7.12. The summed E-state index contributed by atoms with van der Waals surface area (Å²) in [7, 11) is -5.32. The molecule has 0 rings (SSSR count). The molecule has 0 bridgehead atoms. The lowest BCUT2D eigenvalue weighted by molar-refractivity contribution is -0.162. The second kappa shape index (κ2) is 5.13. The highest BCUT2D eigenvalue weighted by molar-refractivity contribution is 7.98. The van der Waals surface area contributed by atoms with Gasteiger partial charge in [0, 0.05) is 0 Å². The second-order valence-corrected chi connectivity index (χ2v) is 4.79. The SMILES string of the molecule is O=P(O)(O)OSC(F)(F)C(F)CC(F)(F)F. The predicted molar refractivity (Wildman–Crippen MR) is 41.2 cm³/mol. The first kappa shape index (κ1) is 16.0. The summed E-state index contributed by atoms with van der Waals surface area (Å²) in [6.07, 6.45) is -11.3. The highest BCUT2D eigenvalue weighted by Gasteiger charge is 2.49. The van der Waals surface area contributed by atoms with Crippen LogP contribution in [0.25, 0.3) is 0 Å². The molecule has 4 nitrogen and oxygen atoms in total. The van der Waals surface area contributed by atoms with Crippen LogP contribution in [0, 0.1) is 0 Å². The quantitative estimate of drug-likeness (QED) is 0.463. The fourth-order valence-corrected chi connectivity index (χ4v) is 1.45. The molecular formula is C4H5F6O4PS. The average Bonchev–Trinajstić information content (AvgIpc) is 1.96. The number of halogens is 6. The highest BCUT2D eigenvalue weighted by atomic mass is 32.2. The molecule has 0 aromatic heterocycles. The van der Waals surface area contributed by atoms with E-state index in [1.165, 1.54) is 0 Å². The van der Waals surface area contributed by atoms with Crippen LogP contribution in [0.2, 0.25) is 0 Å². The standard InChI is InChI=1S/C4H5F6O4PS/c5-2(1-3(6,7)8)4(9,10)16-14-15(11,12)13/h2H,1H2,(H2,11,12,13).